The molecule has 0 bridgehead atoms. The van der Waals surface area contributed by atoms with E-state index in [4.69, 9.17) is 9.47 Å². The highest BCUT2D eigenvalue weighted by Gasteiger charge is 2.37. The average molecular weight is 516 g/mol. The predicted octanol–water partition coefficient (Wildman–Crippen LogP) is 2.26. The molecule has 1 N–H and O–H groups in total. The number of aryl methyl sites for hydroxylation is 2. The van der Waals surface area contributed by atoms with Crippen molar-refractivity contribution in [2.24, 2.45) is 0 Å². The molecule has 1 aliphatic heterocycles. The summed E-state index contributed by atoms with van der Waals surface area (Å²) in [5.74, 6) is -2.69. The van der Waals surface area contributed by atoms with E-state index in [2.05, 4.69) is 21.2 Å². The Balaban J connectivity index is 2.03. The predicted molar refractivity (Wildman–Crippen MR) is 121 cm³/mol. The van der Waals surface area contributed by atoms with E-state index >= 15 is 0 Å². The summed E-state index contributed by atoms with van der Waals surface area (Å²) in [7, 11) is 0. The Kier molecular flexibility index (Phi) is 7.17. The fourth-order valence-corrected chi connectivity index (χ4v) is 3.92. The van der Waals surface area contributed by atoms with Crippen molar-refractivity contribution >= 4 is 51.5 Å². The highest BCUT2D eigenvalue weighted by atomic mass is 79.9. The van der Waals surface area contributed by atoms with Gasteiger partial charge in [-0.2, -0.15) is 0 Å². The summed E-state index contributed by atoms with van der Waals surface area (Å²) >= 11 is 3.29. The number of hydrogen-bond acceptors (Lipinski definition) is 7. The summed E-state index contributed by atoms with van der Waals surface area (Å²) in [5.41, 5.74) is 2.18. The summed E-state index contributed by atoms with van der Waals surface area (Å²) < 4.78 is 11.1. The molecule has 172 valence electrons. The number of urea groups is 1. The fraction of sp³-hybridized carbons (Fsp3) is 0.217. The Morgan fingerprint density at radius 3 is 2.36 bits per heavy atom. The molecule has 0 aromatic heterocycles. The first-order chi connectivity index (χ1) is 15.6. The fourth-order valence-electron chi connectivity index (χ4n) is 3.34. The molecule has 1 heterocycles. The molecule has 0 spiro atoms. The Morgan fingerprint density at radius 2 is 1.76 bits per heavy atom. The second-order valence-corrected chi connectivity index (χ2v) is 8.08. The molecule has 0 atom stereocenters. The van der Waals surface area contributed by atoms with E-state index < -0.39 is 30.4 Å². The van der Waals surface area contributed by atoms with Crippen LogP contribution < -0.4 is 24.8 Å². The number of carbonyl (C=O) groups excluding carboxylic acids is 4. The van der Waals surface area contributed by atoms with E-state index in [0.717, 1.165) is 16.0 Å². The smallest absolute Gasteiger partial charge is 0.335 e. The normalized spacial score (nSPS) is 15.0. The van der Waals surface area contributed by atoms with Gasteiger partial charge in [0.2, 0.25) is 0 Å². The molecule has 0 saturated carbocycles. The molecule has 10 heteroatoms. The van der Waals surface area contributed by atoms with E-state index in [-0.39, 0.29) is 23.7 Å². The molecule has 1 aliphatic rings. The third-order valence-corrected chi connectivity index (χ3v) is 5.13. The number of rotatable bonds is 7. The van der Waals surface area contributed by atoms with Crippen molar-refractivity contribution < 1.29 is 33.8 Å². The third kappa shape index (κ3) is 5.40. The van der Waals surface area contributed by atoms with Crippen LogP contribution in [0.1, 0.15) is 23.6 Å². The van der Waals surface area contributed by atoms with Crippen LogP contribution >= 0.6 is 15.9 Å². The molecule has 2 aromatic rings. The number of anilines is 1. The van der Waals surface area contributed by atoms with Gasteiger partial charge in [-0.1, -0.05) is 6.07 Å². The van der Waals surface area contributed by atoms with Crippen LogP contribution in [0.25, 0.3) is 6.08 Å². The number of nitrogens with zero attached hydrogens (tertiary/aromatic N) is 1. The van der Waals surface area contributed by atoms with E-state index in [1.165, 1.54) is 18.2 Å². The molecule has 2 aromatic carbocycles. The first kappa shape index (κ1) is 24.0. The van der Waals surface area contributed by atoms with Crippen LogP contribution in [-0.2, 0) is 14.4 Å². The standard InChI is InChI=1S/C23H21BrN2O7/c1-4-32-18-10-14(9-17(24)20(18)33-11-19(27)28)8-16-21(29)25-23(31)26(22(16)30)15-6-12(2)5-13(3)7-15/h5-10H,4,11H2,1-3H3,(H,27,28)(H,25,29,31)/p-1/b16-8-. The number of carboxylic acid groups (broad SMARTS) is 1. The molecule has 0 aliphatic carbocycles. The number of barbiturate groups is 1. The third-order valence-electron chi connectivity index (χ3n) is 4.54. The Morgan fingerprint density at radius 1 is 1.09 bits per heavy atom. The van der Waals surface area contributed by atoms with E-state index in [9.17, 15) is 24.3 Å². The molecular formula is C23H20BrN2O7-. The minimum atomic E-state index is -1.41. The van der Waals surface area contributed by atoms with E-state index in [1.807, 2.05) is 19.9 Å². The van der Waals surface area contributed by atoms with Gasteiger partial charge >= 0.3 is 6.03 Å². The van der Waals surface area contributed by atoms with Gasteiger partial charge in [-0.25, -0.2) is 9.69 Å². The molecule has 3 rings (SSSR count). The van der Waals surface area contributed by atoms with Gasteiger partial charge < -0.3 is 19.4 Å². The Bertz CT molecular complexity index is 1170. The van der Waals surface area contributed by atoms with Gasteiger partial charge in [0.25, 0.3) is 11.8 Å². The lowest BCUT2D eigenvalue weighted by atomic mass is 10.0. The monoisotopic (exact) mass is 515 g/mol. The van der Waals surface area contributed by atoms with Crippen LogP contribution in [0.5, 0.6) is 11.5 Å². The number of nitrogens with one attached hydrogen (secondary N) is 1. The van der Waals surface area contributed by atoms with Crippen molar-refractivity contribution in [3.8, 4) is 11.5 Å². The van der Waals surface area contributed by atoms with Crippen molar-refractivity contribution in [2.45, 2.75) is 20.8 Å². The van der Waals surface area contributed by atoms with Crippen molar-refractivity contribution in [3.63, 3.8) is 0 Å². The van der Waals surface area contributed by atoms with Crippen LogP contribution in [0.3, 0.4) is 0 Å². The highest BCUT2D eigenvalue weighted by molar-refractivity contribution is 9.10. The molecule has 33 heavy (non-hydrogen) atoms. The molecule has 0 unspecified atom stereocenters. The van der Waals surface area contributed by atoms with Gasteiger partial charge in [-0.05, 0) is 83.7 Å². The molecule has 4 amide bonds. The summed E-state index contributed by atoms with van der Waals surface area (Å²) in [6, 6.07) is 7.42. The van der Waals surface area contributed by atoms with Gasteiger partial charge in [0, 0.05) is 0 Å². The van der Waals surface area contributed by atoms with Crippen LogP contribution in [0.15, 0.2) is 40.4 Å². The summed E-state index contributed by atoms with van der Waals surface area (Å²) in [6.07, 6.45) is 1.32. The topological polar surface area (TPSA) is 125 Å². The SMILES string of the molecule is CCOc1cc(/C=C2/C(=O)NC(=O)N(c3cc(C)cc(C)c3)C2=O)cc(Br)c1OCC(=O)[O-]. The maximum atomic E-state index is 13.1. The lowest BCUT2D eigenvalue weighted by Gasteiger charge is -2.27. The quantitative estimate of drug-likeness (QED) is 0.442. The lowest BCUT2D eigenvalue weighted by molar-refractivity contribution is -0.307. The lowest BCUT2D eigenvalue weighted by Crippen LogP contribution is -2.54. The number of halogens is 1. The van der Waals surface area contributed by atoms with Crippen LogP contribution in [0, 0.1) is 13.8 Å². The number of ether oxygens (including phenoxy) is 2. The van der Waals surface area contributed by atoms with Crippen molar-refractivity contribution in [1.82, 2.24) is 5.32 Å². The Hall–Kier alpha value is -3.66. The second kappa shape index (κ2) is 9.86. The number of hydrogen-bond donors (Lipinski definition) is 1. The summed E-state index contributed by atoms with van der Waals surface area (Å²) in [4.78, 5) is 49.7. The van der Waals surface area contributed by atoms with Crippen molar-refractivity contribution in [2.75, 3.05) is 18.1 Å². The zero-order valence-corrected chi connectivity index (χ0v) is 19.6. The molecule has 9 nitrogen and oxygen atoms in total. The number of carboxylic acids is 1. The molecule has 0 radical (unpaired) electrons. The van der Waals surface area contributed by atoms with Crippen LogP contribution in [0.2, 0.25) is 0 Å². The van der Waals surface area contributed by atoms with Gasteiger partial charge in [-0.15, -0.1) is 0 Å². The zero-order valence-electron chi connectivity index (χ0n) is 18.1. The van der Waals surface area contributed by atoms with Gasteiger partial charge in [-0.3, -0.25) is 14.9 Å². The van der Waals surface area contributed by atoms with Gasteiger partial charge in [0.15, 0.2) is 11.5 Å². The van der Waals surface area contributed by atoms with Crippen molar-refractivity contribution in [3.05, 3.63) is 57.1 Å². The number of amides is 4. The number of carbonyl (C=O) groups is 4. The number of aliphatic carboxylic acids is 1. The zero-order chi connectivity index (χ0) is 24.3. The van der Waals surface area contributed by atoms with E-state index in [1.54, 1.807) is 19.1 Å². The number of imide groups is 2. The first-order valence-corrected chi connectivity index (χ1v) is 10.7. The minimum Gasteiger partial charge on any atom is -0.546 e. The van der Waals surface area contributed by atoms with Crippen molar-refractivity contribution in [1.29, 1.82) is 0 Å². The van der Waals surface area contributed by atoms with Crippen LogP contribution in [-0.4, -0.2) is 37.0 Å². The largest absolute Gasteiger partial charge is 0.546 e. The maximum absolute atomic E-state index is 13.1. The maximum Gasteiger partial charge on any atom is 0.335 e. The summed E-state index contributed by atoms with van der Waals surface area (Å²) in [6.45, 7) is 4.96. The van der Waals surface area contributed by atoms with E-state index in [0.29, 0.717) is 15.7 Å². The second-order valence-electron chi connectivity index (χ2n) is 7.23. The Labute approximate surface area is 198 Å². The molecule has 1 saturated heterocycles. The highest BCUT2D eigenvalue weighted by Crippen LogP contribution is 2.38. The minimum absolute atomic E-state index is 0.134. The number of benzene rings is 2. The molecular weight excluding hydrogens is 496 g/mol. The van der Waals surface area contributed by atoms with Gasteiger partial charge in [0.1, 0.15) is 12.2 Å². The summed E-state index contributed by atoms with van der Waals surface area (Å²) in [5, 5.41) is 12.9. The molecule has 1 fully saturated rings. The first-order valence-electron chi connectivity index (χ1n) is 9.89. The van der Waals surface area contributed by atoms with Crippen LogP contribution in [0.4, 0.5) is 10.5 Å². The van der Waals surface area contributed by atoms with Gasteiger partial charge in [0.05, 0.1) is 22.7 Å². The average Bonchev–Trinajstić information content (AvgIpc) is 2.69.